The molecule has 4 heteroatoms. The number of carbonyl (C=O) groups is 1. The Morgan fingerprint density at radius 2 is 2.15 bits per heavy atom. The molecular weight excluding hydrogens is 168 g/mol. The highest BCUT2D eigenvalue weighted by molar-refractivity contribution is 5.76. The zero-order valence-corrected chi connectivity index (χ0v) is 8.25. The number of carbonyl (C=O) groups excluding carboxylic acids is 1. The standard InChI is InChI=1S/C9H20N2O2/c1-8(7-12)11-9(13)5-3-2-4-6-10/h8,12H,2-7,10H2,1H3,(H,11,13). The van der Waals surface area contributed by atoms with Gasteiger partial charge in [-0.25, -0.2) is 0 Å². The number of unbranched alkanes of at least 4 members (excludes halogenated alkanes) is 2. The molecule has 0 aromatic rings. The minimum Gasteiger partial charge on any atom is -0.394 e. The number of aliphatic hydroxyl groups excluding tert-OH is 1. The molecule has 0 fully saturated rings. The zero-order valence-electron chi connectivity index (χ0n) is 8.25. The molecule has 4 N–H and O–H groups in total. The Labute approximate surface area is 79.5 Å². The number of hydrogen-bond acceptors (Lipinski definition) is 3. The maximum Gasteiger partial charge on any atom is 0.220 e. The number of hydrogen-bond donors (Lipinski definition) is 3. The molecule has 0 saturated carbocycles. The average Bonchev–Trinajstić information content (AvgIpc) is 2.12. The first-order valence-electron chi connectivity index (χ1n) is 4.81. The molecule has 0 radical (unpaired) electrons. The van der Waals surface area contributed by atoms with E-state index in [1.54, 1.807) is 6.92 Å². The van der Waals surface area contributed by atoms with E-state index < -0.39 is 0 Å². The summed E-state index contributed by atoms with van der Waals surface area (Å²) in [4.78, 5) is 11.1. The van der Waals surface area contributed by atoms with Gasteiger partial charge in [-0.2, -0.15) is 0 Å². The monoisotopic (exact) mass is 188 g/mol. The molecule has 0 aromatic carbocycles. The summed E-state index contributed by atoms with van der Waals surface area (Å²) < 4.78 is 0. The maximum atomic E-state index is 11.1. The van der Waals surface area contributed by atoms with E-state index in [4.69, 9.17) is 10.8 Å². The van der Waals surface area contributed by atoms with Crippen molar-refractivity contribution in [3.05, 3.63) is 0 Å². The molecule has 0 aliphatic rings. The van der Waals surface area contributed by atoms with E-state index in [1.165, 1.54) is 0 Å². The molecule has 1 atom stereocenters. The van der Waals surface area contributed by atoms with Crippen LogP contribution >= 0.6 is 0 Å². The van der Waals surface area contributed by atoms with Crippen LogP contribution in [0.4, 0.5) is 0 Å². The van der Waals surface area contributed by atoms with Crippen LogP contribution in [0.15, 0.2) is 0 Å². The number of nitrogens with one attached hydrogen (secondary N) is 1. The summed E-state index contributed by atoms with van der Waals surface area (Å²) >= 11 is 0. The van der Waals surface area contributed by atoms with Crippen molar-refractivity contribution in [3.8, 4) is 0 Å². The van der Waals surface area contributed by atoms with Crippen LogP contribution in [0.25, 0.3) is 0 Å². The van der Waals surface area contributed by atoms with E-state index >= 15 is 0 Å². The minimum atomic E-state index is -0.137. The third kappa shape index (κ3) is 7.74. The molecule has 0 saturated heterocycles. The van der Waals surface area contributed by atoms with E-state index in [2.05, 4.69) is 5.32 Å². The highest BCUT2D eigenvalue weighted by Crippen LogP contribution is 1.98. The smallest absolute Gasteiger partial charge is 0.220 e. The Kier molecular flexibility index (Phi) is 7.63. The van der Waals surface area contributed by atoms with E-state index in [9.17, 15) is 4.79 Å². The van der Waals surface area contributed by atoms with Gasteiger partial charge in [-0.05, 0) is 26.3 Å². The Balaban J connectivity index is 3.30. The largest absolute Gasteiger partial charge is 0.394 e. The van der Waals surface area contributed by atoms with Gasteiger partial charge in [0.1, 0.15) is 0 Å². The Hall–Kier alpha value is -0.610. The van der Waals surface area contributed by atoms with Gasteiger partial charge in [0.2, 0.25) is 5.91 Å². The van der Waals surface area contributed by atoms with Crippen LogP contribution in [0.5, 0.6) is 0 Å². The third-order valence-electron chi connectivity index (χ3n) is 1.79. The number of amides is 1. The van der Waals surface area contributed by atoms with Crippen LogP contribution in [0.3, 0.4) is 0 Å². The van der Waals surface area contributed by atoms with Gasteiger partial charge < -0.3 is 16.2 Å². The second kappa shape index (κ2) is 8.01. The van der Waals surface area contributed by atoms with Crippen molar-refractivity contribution in [2.24, 2.45) is 5.73 Å². The van der Waals surface area contributed by atoms with Crippen LogP contribution in [0.2, 0.25) is 0 Å². The summed E-state index contributed by atoms with van der Waals surface area (Å²) in [5.41, 5.74) is 5.31. The van der Waals surface area contributed by atoms with Crippen molar-refractivity contribution in [1.29, 1.82) is 0 Å². The van der Waals surface area contributed by atoms with Gasteiger partial charge in [0.25, 0.3) is 0 Å². The molecule has 0 rings (SSSR count). The molecule has 0 spiro atoms. The fourth-order valence-corrected chi connectivity index (χ4v) is 0.999. The fourth-order valence-electron chi connectivity index (χ4n) is 0.999. The lowest BCUT2D eigenvalue weighted by molar-refractivity contribution is -0.122. The third-order valence-corrected chi connectivity index (χ3v) is 1.79. The summed E-state index contributed by atoms with van der Waals surface area (Å²) in [6.45, 7) is 2.46. The van der Waals surface area contributed by atoms with Gasteiger partial charge in [0.15, 0.2) is 0 Å². The lowest BCUT2D eigenvalue weighted by Crippen LogP contribution is -2.34. The van der Waals surface area contributed by atoms with Gasteiger partial charge in [-0.1, -0.05) is 6.42 Å². The van der Waals surface area contributed by atoms with Crippen LogP contribution in [-0.4, -0.2) is 30.2 Å². The topological polar surface area (TPSA) is 75.3 Å². The second-order valence-corrected chi connectivity index (χ2v) is 3.25. The van der Waals surface area contributed by atoms with Crippen LogP contribution in [0, 0.1) is 0 Å². The Morgan fingerprint density at radius 1 is 1.46 bits per heavy atom. The second-order valence-electron chi connectivity index (χ2n) is 3.25. The molecule has 1 unspecified atom stereocenters. The van der Waals surface area contributed by atoms with Gasteiger partial charge in [0.05, 0.1) is 6.61 Å². The molecule has 1 amide bonds. The molecular formula is C9H20N2O2. The molecule has 4 nitrogen and oxygen atoms in total. The van der Waals surface area contributed by atoms with Crippen molar-refractivity contribution in [3.63, 3.8) is 0 Å². The zero-order chi connectivity index (χ0) is 10.1. The highest BCUT2D eigenvalue weighted by Gasteiger charge is 2.04. The quantitative estimate of drug-likeness (QED) is 0.492. The van der Waals surface area contributed by atoms with Crippen molar-refractivity contribution in [2.45, 2.75) is 38.6 Å². The molecule has 0 bridgehead atoms. The van der Waals surface area contributed by atoms with E-state index in [-0.39, 0.29) is 18.6 Å². The number of aliphatic hydroxyl groups is 1. The minimum absolute atomic E-state index is 0.00542. The predicted octanol–water partition coefficient (Wildman–Crippen LogP) is 0.00250. The van der Waals surface area contributed by atoms with Crippen LogP contribution in [0.1, 0.15) is 32.6 Å². The van der Waals surface area contributed by atoms with Gasteiger partial charge >= 0.3 is 0 Å². The number of nitrogens with two attached hydrogens (primary N) is 1. The molecule has 0 aliphatic carbocycles. The molecule has 0 heterocycles. The van der Waals surface area contributed by atoms with Crippen molar-refractivity contribution in [1.82, 2.24) is 5.32 Å². The Morgan fingerprint density at radius 3 is 2.69 bits per heavy atom. The summed E-state index contributed by atoms with van der Waals surface area (Å²) in [6, 6.07) is -0.137. The van der Waals surface area contributed by atoms with Gasteiger partial charge in [-0.3, -0.25) is 4.79 Å². The molecule has 0 aliphatic heterocycles. The van der Waals surface area contributed by atoms with Crippen molar-refractivity contribution < 1.29 is 9.90 Å². The highest BCUT2D eigenvalue weighted by atomic mass is 16.3. The lowest BCUT2D eigenvalue weighted by Gasteiger charge is -2.10. The summed E-state index contributed by atoms with van der Waals surface area (Å²) in [6.07, 6.45) is 3.38. The first-order valence-corrected chi connectivity index (χ1v) is 4.81. The summed E-state index contributed by atoms with van der Waals surface area (Å²) in [7, 11) is 0. The van der Waals surface area contributed by atoms with Crippen LogP contribution in [-0.2, 0) is 4.79 Å². The van der Waals surface area contributed by atoms with Crippen molar-refractivity contribution >= 4 is 5.91 Å². The fraction of sp³-hybridized carbons (Fsp3) is 0.889. The summed E-state index contributed by atoms with van der Waals surface area (Å²) in [5, 5.41) is 11.3. The maximum absolute atomic E-state index is 11.1. The number of rotatable bonds is 7. The first kappa shape index (κ1) is 12.4. The van der Waals surface area contributed by atoms with Crippen molar-refractivity contribution in [2.75, 3.05) is 13.2 Å². The van der Waals surface area contributed by atoms with E-state index in [1.807, 2.05) is 0 Å². The molecule has 78 valence electrons. The van der Waals surface area contributed by atoms with Crippen LogP contribution < -0.4 is 11.1 Å². The van der Waals surface area contributed by atoms with E-state index in [0.717, 1.165) is 19.3 Å². The average molecular weight is 188 g/mol. The van der Waals surface area contributed by atoms with Gasteiger partial charge in [-0.15, -0.1) is 0 Å². The molecule has 0 aromatic heterocycles. The lowest BCUT2D eigenvalue weighted by atomic mass is 10.2. The van der Waals surface area contributed by atoms with E-state index in [0.29, 0.717) is 13.0 Å². The Bertz CT molecular complexity index is 140. The van der Waals surface area contributed by atoms with Gasteiger partial charge in [0, 0.05) is 12.5 Å². The first-order chi connectivity index (χ1) is 6.20. The SMILES string of the molecule is CC(CO)NC(=O)CCCCCN. The summed E-state index contributed by atoms with van der Waals surface area (Å²) in [5.74, 6) is 0.0126. The molecule has 13 heavy (non-hydrogen) atoms. The predicted molar refractivity (Wildman–Crippen MR) is 52.2 cm³/mol. The normalized spacial score (nSPS) is 12.5.